The predicted octanol–water partition coefficient (Wildman–Crippen LogP) is 4.10. The van der Waals surface area contributed by atoms with Gasteiger partial charge in [0.15, 0.2) is 0 Å². The van der Waals surface area contributed by atoms with Crippen LogP contribution in [0.4, 0.5) is 0 Å². The third kappa shape index (κ3) is 3.79. The van der Waals surface area contributed by atoms with E-state index in [1.165, 1.54) is 11.1 Å². The maximum atomic E-state index is 13.0. The molecule has 26 heavy (non-hydrogen) atoms. The maximum absolute atomic E-state index is 13.0. The Morgan fingerprint density at radius 2 is 1.04 bits per heavy atom. The lowest BCUT2D eigenvalue weighted by atomic mass is 10.1. The first-order chi connectivity index (χ1) is 12.6. The van der Waals surface area contributed by atoms with E-state index in [1.807, 2.05) is 48.5 Å². The molecule has 1 fully saturated rings. The number of benzene rings is 2. The monoisotopic (exact) mass is 350 g/mol. The van der Waals surface area contributed by atoms with Crippen LogP contribution in [0.25, 0.3) is 0 Å². The van der Waals surface area contributed by atoms with Gasteiger partial charge in [0.2, 0.25) is 0 Å². The zero-order valence-corrected chi connectivity index (χ0v) is 15.6. The lowest BCUT2D eigenvalue weighted by Gasteiger charge is -2.38. The van der Waals surface area contributed by atoms with E-state index in [1.54, 1.807) is 10.0 Å². The molecule has 1 heterocycles. The normalized spacial score (nSPS) is 14.4. The summed E-state index contributed by atoms with van der Waals surface area (Å²) in [4.78, 5) is 26.0. The van der Waals surface area contributed by atoms with Crippen molar-refractivity contribution in [2.45, 2.75) is 39.5 Å². The van der Waals surface area contributed by atoms with Crippen LogP contribution in [0.2, 0.25) is 0 Å². The van der Waals surface area contributed by atoms with Gasteiger partial charge in [-0.2, -0.15) is 0 Å². The number of rotatable bonds is 4. The summed E-state index contributed by atoms with van der Waals surface area (Å²) in [5.41, 5.74) is 3.65. The molecule has 4 nitrogen and oxygen atoms in total. The fraction of sp³-hybridized carbons (Fsp3) is 0.364. The minimum Gasteiger partial charge on any atom is -0.267 e. The Morgan fingerprint density at radius 1 is 0.692 bits per heavy atom. The molecule has 3 rings (SSSR count). The third-order valence-electron chi connectivity index (χ3n) is 4.97. The molecular formula is C22H26N2O2. The van der Waals surface area contributed by atoms with E-state index in [-0.39, 0.29) is 11.8 Å². The molecule has 0 bridgehead atoms. The molecule has 1 aliphatic rings. The van der Waals surface area contributed by atoms with Crippen LogP contribution in [-0.4, -0.2) is 34.9 Å². The minimum absolute atomic E-state index is 0.106. The first-order valence-electron chi connectivity index (χ1n) is 9.45. The fourth-order valence-corrected chi connectivity index (χ4v) is 3.25. The number of hydrogen-bond donors (Lipinski definition) is 0. The lowest BCUT2D eigenvalue weighted by Crippen LogP contribution is -2.53. The zero-order chi connectivity index (χ0) is 18.5. The van der Waals surface area contributed by atoms with E-state index in [0.717, 1.165) is 25.7 Å². The summed E-state index contributed by atoms with van der Waals surface area (Å²) in [5, 5.41) is 3.22. The van der Waals surface area contributed by atoms with Crippen molar-refractivity contribution in [2.24, 2.45) is 0 Å². The Bertz CT molecular complexity index is 698. The standard InChI is InChI=1S/C22H26N2O2/c1-3-17-7-11-19(12-8-17)21(25)23-15-5-6-16-24(23)22(26)20-13-9-18(4-2)10-14-20/h7-14H,3-6,15-16H2,1-2H3. The minimum atomic E-state index is -0.106. The molecule has 0 N–H and O–H groups in total. The molecule has 136 valence electrons. The summed E-state index contributed by atoms with van der Waals surface area (Å²) in [6.45, 7) is 5.33. The molecule has 0 unspecified atom stereocenters. The fourth-order valence-electron chi connectivity index (χ4n) is 3.25. The van der Waals surface area contributed by atoms with Gasteiger partial charge in [0.25, 0.3) is 11.8 Å². The van der Waals surface area contributed by atoms with Crippen LogP contribution in [0.5, 0.6) is 0 Å². The topological polar surface area (TPSA) is 40.6 Å². The summed E-state index contributed by atoms with van der Waals surface area (Å²) < 4.78 is 0. The lowest BCUT2D eigenvalue weighted by molar-refractivity contribution is -0.0170. The summed E-state index contributed by atoms with van der Waals surface area (Å²) in [7, 11) is 0. The van der Waals surface area contributed by atoms with Gasteiger partial charge >= 0.3 is 0 Å². The summed E-state index contributed by atoms with van der Waals surface area (Å²) in [5.74, 6) is -0.211. The summed E-state index contributed by atoms with van der Waals surface area (Å²) in [6, 6.07) is 15.3. The van der Waals surface area contributed by atoms with Crippen molar-refractivity contribution < 1.29 is 9.59 Å². The number of amides is 2. The molecule has 4 heteroatoms. The molecule has 0 spiro atoms. The largest absolute Gasteiger partial charge is 0.272 e. The Hall–Kier alpha value is -2.62. The molecule has 2 aromatic rings. The Morgan fingerprint density at radius 3 is 1.35 bits per heavy atom. The van der Waals surface area contributed by atoms with Gasteiger partial charge in [0, 0.05) is 24.2 Å². The molecule has 0 aliphatic carbocycles. The van der Waals surface area contributed by atoms with Gasteiger partial charge in [0.1, 0.15) is 0 Å². The first-order valence-corrected chi connectivity index (χ1v) is 9.45. The highest BCUT2D eigenvalue weighted by Crippen LogP contribution is 2.19. The molecule has 0 aromatic heterocycles. The van der Waals surface area contributed by atoms with Gasteiger partial charge in [-0.1, -0.05) is 38.1 Å². The molecule has 1 aliphatic heterocycles. The number of aryl methyl sites for hydroxylation is 2. The van der Waals surface area contributed by atoms with Gasteiger partial charge in [0.05, 0.1) is 0 Å². The number of hydrogen-bond acceptors (Lipinski definition) is 2. The van der Waals surface area contributed by atoms with E-state index < -0.39 is 0 Å². The van der Waals surface area contributed by atoms with Crippen molar-refractivity contribution in [3.63, 3.8) is 0 Å². The second kappa shape index (κ2) is 8.17. The van der Waals surface area contributed by atoms with E-state index >= 15 is 0 Å². The molecular weight excluding hydrogens is 324 g/mol. The third-order valence-corrected chi connectivity index (χ3v) is 4.97. The Labute approximate surface area is 155 Å². The van der Waals surface area contributed by atoms with Crippen LogP contribution in [0, 0.1) is 0 Å². The molecule has 0 atom stereocenters. The van der Waals surface area contributed by atoms with Crippen molar-refractivity contribution in [3.05, 3.63) is 70.8 Å². The average molecular weight is 350 g/mol. The van der Waals surface area contributed by atoms with Gasteiger partial charge in [-0.3, -0.25) is 9.59 Å². The number of hydrazine groups is 1. The predicted molar refractivity (Wildman–Crippen MR) is 103 cm³/mol. The molecule has 0 radical (unpaired) electrons. The Balaban J connectivity index is 1.81. The second-order valence-electron chi connectivity index (χ2n) is 6.66. The highest BCUT2D eigenvalue weighted by atomic mass is 16.2. The zero-order valence-electron chi connectivity index (χ0n) is 15.6. The van der Waals surface area contributed by atoms with Crippen LogP contribution in [-0.2, 0) is 12.8 Å². The van der Waals surface area contributed by atoms with Gasteiger partial charge in [-0.05, 0) is 61.1 Å². The van der Waals surface area contributed by atoms with Gasteiger partial charge < -0.3 is 0 Å². The van der Waals surface area contributed by atoms with Crippen LogP contribution >= 0.6 is 0 Å². The number of carbonyl (C=O) groups excluding carboxylic acids is 2. The van der Waals surface area contributed by atoms with E-state index in [4.69, 9.17) is 0 Å². The molecule has 2 aromatic carbocycles. The molecule has 0 saturated carbocycles. The van der Waals surface area contributed by atoms with E-state index in [9.17, 15) is 9.59 Å². The van der Waals surface area contributed by atoms with Crippen LogP contribution in [0.3, 0.4) is 0 Å². The second-order valence-corrected chi connectivity index (χ2v) is 6.66. The summed E-state index contributed by atoms with van der Waals surface area (Å²) >= 11 is 0. The maximum Gasteiger partial charge on any atom is 0.272 e. The Kier molecular flexibility index (Phi) is 5.71. The average Bonchev–Trinajstić information content (AvgIpc) is 2.73. The quantitative estimate of drug-likeness (QED) is 0.833. The van der Waals surface area contributed by atoms with Crippen molar-refractivity contribution >= 4 is 11.8 Å². The van der Waals surface area contributed by atoms with Gasteiger partial charge in [-0.15, -0.1) is 0 Å². The highest BCUT2D eigenvalue weighted by Gasteiger charge is 2.30. The molecule has 2 amide bonds. The first kappa shape index (κ1) is 18.2. The summed E-state index contributed by atoms with van der Waals surface area (Å²) in [6.07, 6.45) is 3.71. The van der Waals surface area contributed by atoms with Crippen molar-refractivity contribution in [3.8, 4) is 0 Å². The van der Waals surface area contributed by atoms with Crippen molar-refractivity contribution in [1.82, 2.24) is 10.0 Å². The van der Waals surface area contributed by atoms with Crippen LogP contribution in [0.1, 0.15) is 58.5 Å². The van der Waals surface area contributed by atoms with Crippen molar-refractivity contribution in [2.75, 3.05) is 13.1 Å². The van der Waals surface area contributed by atoms with Gasteiger partial charge in [-0.25, -0.2) is 10.0 Å². The van der Waals surface area contributed by atoms with Crippen molar-refractivity contribution in [1.29, 1.82) is 0 Å². The SMILES string of the molecule is CCc1ccc(C(=O)N2CCCCN2C(=O)c2ccc(CC)cc2)cc1. The van der Waals surface area contributed by atoms with E-state index in [2.05, 4.69) is 13.8 Å². The highest BCUT2D eigenvalue weighted by molar-refractivity contribution is 5.99. The van der Waals surface area contributed by atoms with Crippen LogP contribution < -0.4 is 0 Å². The number of carbonyl (C=O) groups is 2. The van der Waals surface area contributed by atoms with E-state index in [0.29, 0.717) is 24.2 Å². The van der Waals surface area contributed by atoms with Crippen LogP contribution in [0.15, 0.2) is 48.5 Å². The smallest absolute Gasteiger partial charge is 0.267 e. The molecule has 1 saturated heterocycles. The number of nitrogens with zero attached hydrogens (tertiary/aromatic N) is 2.